The van der Waals surface area contributed by atoms with Crippen LogP contribution in [0.1, 0.15) is 130 Å². The summed E-state index contributed by atoms with van der Waals surface area (Å²) >= 11 is 0. The van der Waals surface area contributed by atoms with Gasteiger partial charge in [-0.05, 0) is 75.5 Å². The van der Waals surface area contributed by atoms with Crippen molar-refractivity contribution in [1.82, 2.24) is 31.5 Å². The Morgan fingerprint density at radius 2 is 1.42 bits per heavy atom. The zero-order chi connectivity index (χ0) is 45.8. The first-order chi connectivity index (χ1) is 29.5. The van der Waals surface area contributed by atoms with Crippen molar-refractivity contribution in [2.24, 2.45) is 11.7 Å². The number of carbonyl (C=O) groups excluding carboxylic acids is 8. The van der Waals surface area contributed by atoms with Crippen LogP contribution in [0.25, 0.3) is 0 Å². The molecule has 346 valence electrons. The van der Waals surface area contributed by atoms with Crippen LogP contribution < -0.4 is 32.3 Å². The molecule has 18 nitrogen and oxygen atoms in total. The Morgan fingerprint density at radius 3 is 2.06 bits per heavy atom. The molecule has 2 saturated heterocycles. The topological polar surface area (TPSA) is 276 Å². The van der Waals surface area contributed by atoms with Gasteiger partial charge in [0.2, 0.25) is 41.4 Å². The highest BCUT2D eigenvalue weighted by Gasteiger charge is 2.39. The summed E-state index contributed by atoms with van der Waals surface area (Å²) in [6, 6.07) is -1.51. The van der Waals surface area contributed by atoms with Gasteiger partial charge < -0.3 is 52.2 Å². The number of cyclic esters (lactones) is 1. The highest BCUT2D eigenvalue weighted by atomic mass is 16.5. The van der Waals surface area contributed by atoms with Crippen LogP contribution in [0.3, 0.4) is 0 Å². The number of benzene rings is 1. The summed E-state index contributed by atoms with van der Waals surface area (Å²) in [5, 5.41) is 33.0. The predicted molar refractivity (Wildman–Crippen MR) is 229 cm³/mol. The lowest BCUT2D eigenvalue weighted by Gasteiger charge is -2.30. The van der Waals surface area contributed by atoms with Crippen LogP contribution in [0.4, 0.5) is 0 Å². The second-order valence-electron chi connectivity index (χ2n) is 16.8. The molecule has 0 unspecified atom stereocenters. The highest BCUT2D eigenvalue weighted by Crippen LogP contribution is 2.21. The van der Waals surface area contributed by atoms with Crippen LogP contribution in [-0.4, -0.2) is 118 Å². The van der Waals surface area contributed by atoms with E-state index >= 15 is 0 Å². The number of rotatable bonds is 15. The van der Waals surface area contributed by atoms with Gasteiger partial charge in [0.05, 0.1) is 6.61 Å². The van der Waals surface area contributed by atoms with Crippen molar-refractivity contribution in [1.29, 1.82) is 0 Å². The van der Waals surface area contributed by atoms with E-state index in [0.717, 1.165) is 44.9 Å². The summed E-state index contributed by atoms with van der Waals surface area (Å²) in [6.45, 7) is 6.42. The van der Waals surface area contributed by atoms with Crippen molar-refractivity contribution in [3.8, 4) is 5.75 Å². The molecule has 2 aliphatic rings. The largest absolute Gasteiger partial charge is 0.508 e. The molecular weight excluding hydrogens is 803 g/mol. The number of esters is 1. The van der Waals surface area contributed by atoms with E-state index in [2.05, 4.69) is 33.5 Å². The number of aliphatic hydroxyl groups is 1. The maximum Gasteiger partial charge on any atom is 0.329 e. The fourth-order valence-electron chi connectivity index (χ4n) is 7.63. The average Bonchev–Trinajstić information content (AvgIpc) is 3.72. The number of nitrogens with one attached hydrogen (secondary N) is 5. The number of fused-ring (bicyclic) bond motifs is 1. The minimum Gasteiger partial charge on any atom is -0.508 e. The molecule has 2 aliphatic heterocycles. The number of phenolic OH excluding ortho intramolecular Hbond substituents is 1. The van der Waals surface area contributed by atoms with Gasteiger partial charge in [0, 0.05) is 25.8 Å². The molecule has 3 rings (SSSR count). The molecule has 18 heteroatoms. The lowest BCUT2D eigenvalue weighted by atomic mass is 10.00. The first-order valence-corrected chi connectivity index (χ1v) is 22.2. The van der Waals surface area contributed by atoms with Gasteiger partial charge in [-0.25, -0.2) is 4.79 Å². The summed E-state index contributed by atoms with van der Waals surface area (Å²) < 4.78 is 6.05. The summed E-state index contributed by atoms with van der Waals surface area (Å²) in [7, 11) is 0. The van der Waals surface area contributed by atoms with Crippen molar-refractivity contribution < 1.29 is 53.3 Å². The van der Waals surface area contributed by atoms with E-state index in [-0.39, 0.29) is 50.8 Å². The molecule has 0 bridgehead atoms. The van der Waals surface area contributed by atoms with Crippen molar-refractivity contribution in [3.05, 3.63) is 29.8 Å². The molecule has 0 radical (unpaired) electrons. The predicted octanol–water partition coefficient (Wildman–Crippen LogP) is 1.52. The van der Waals surface area contributed by atoms with Crippen LogP contribution in [0.15, 0.2) is 24.3 Å². The highest BCUT2D eigenvalue weighted by molar-refractivity contribution is 5.97. The molecule has 2 heterocycles. The number of carbonyl (C=O) groups is 8. The molecule has 0 aromatic heterocycles. The van der Waals surface area contributed by atoms with E-state index in [0.29, 0.717) is 24.8 Å². The van der Waals surface area contributed by atoms with Crippen molar-refractivity contribution in [3.63, 3.8) is 0 Å². The van der Waals surface area contributed by atoms with E-state index in [1.807, 2.05) is 0 Å². The Labute approximate surface area is 364 Å². The fourth-order valence-corrected chi connectivity index (χ4v) is 7.63. The average molecular weight is 872 g/mol. The molecule has 0 spiro atoms. The Balaban J connectivity index is 1.99. The van der Waals surface area contributed by atoms with E-state index in [1.54, 1.807) is 26.0 Å². The molecule has 1 aromatic carbocycles. The second-order valence-corrected chi connectivity index (χ2v) is 16.8. The third-order valence-corrected chi connectivity index (χ3v) is 11.3. The first-order valence-electron chi connectivity index (χ1n) is 22.2. The summed E-state index contributed by atoms with van der Waals surface area (Å²) in [6.07, 6.45) is 7.57. The standard InChI is InChI=1S/C44H69N7O11/c1-5-6-7-8-9-10-11-14-31-15-12-17-37(55)47-34(26-52)41(58)46-28(4)43(60)51-24-13-16-35(51)42(59)48-32(22-23-36(45)54)39(56)49-33(25-29-18-20-30(53)21-19-29)40(57)50-38(27(2)3)44(61)62-31/h18-21,27-28,31-35,38,52-53H,5-17,22-26H2,1-4H3,(H2,45,54)(H,46,58)(H,47,55)(H,48,59)(H,49,56)(H,50,57)/t28-,31+,32+,33-,34-,35+,38+/m1/s1. The number of nitrogens with two attached hydrogens (primary N) is 1. The molecule has 0 aliphatic carbocycles. The van der Waals surface area contributed by atoms with E-state index in [1.165, 1.54) is 24.0 Å². The summed E-state index contributed by atoms with van der Waals surface area (Å²) in [5.41, 5.74) is 5.97. The van der Waals surface area contributed by atoms with Gasteiger partial charge in [0.1, 0.15) is 48.1 Å². The van der Waals surface area contributed by atoms with Crippen LogP contribution in [0.2, 0.25) is 0 Å². The number of unbranched alkanes of at least 4 members (excludes halogenated alkanes) is 6. The molecule has 7 atom stereocenters. The minimum atomic E-state index is -1.39. The summed E-state index contributed by atoms with van der Waals surface area (Å²) in [5.74, 6) is -6.20. The maximum absolute atomic E-state index is 14.2. The smallest absolute Gasteiger partial charge is 0.329 e. The number of hydrogen-bond donors (Lipinski definition) is 8. The molecular formula is C44H69N7O11. The fraction of sp³-hybridized carbons (Fsp3) is 0.682. The molecule has 0 saturated carbocycles. The number of aliphatic hydroxyl groups excluding tert-OH is 1. The van der Waals surface area contributed by atoms with Crippen molar-refractivity contribution in [2.45, 2.75) is 173 Å². The van der Waals surface area contributed by atoms with Gasteiger partial charge >= 0.3 is 5.97 Å². The number of nitrogens with zero attached hydrogens (tertiary/aromatic N) is 1. The third kappa shape index (κ3) is 16.9. The first kappa shape index (κ1) is 51.1. The van der Waals surface area contributed by atoms with Crippen molar-refractivity contribution in [2.75, 3.05) is 13.2 Å². The zero-order valence-corrected chi connectivity index (χ0v) is 36.7. The number of amides is 7. The van der Waals surface area contributed by atoms with Crippen molar-refractivity contribution >= 4 is 47.3 Å². The van der Waals surface area contributed by atoms with Crippen LogP contribution in [0, 0.1) is 5.92 Å². The van der Waals surface area contributed by atoms with E-state index in [9.17, 15) is 48.6 Å². The molecule has 1 aromatic rings. The Hall–Kier alpha value is -5.26. The van der Waals surface area contributed by atoms with Gasteiger partial charge in [-0.15, -0.1) is 0 Å². The quantitative estimate of drug-likeness (QED) is 0.0925. The van der Waals surface area contributed by atoms with Gasteiger partial charge in [-0.1, -0.05) is 71.4 Å². The monoisotopic (exact) mass is 872 g/mol. The van der Waals surface area contributed by atoms with Gasteiger partial charge in [-0.3, -0.25) is 33.6 Å². The lowest BCUT2D eigenvalue weighted by molar-refractivity contribution is -0.155. The number of primary amides is 1. The molecule has 9 N–H and O–H groups in total. The lowest BCUT2D eigenvalue weighted by Crippen LogP contribution is -2.59. The van der Waals surface area contributed by atoms with Crippen LogP contribution in [0.5, 0.6) is 5.75 Å². The van der Waals surface area contributed by atoms with E-state index in [4.69, 9.17) is 10.5 Å². The number of aromatic hydroxyl groups is 1. The Kier molecular flexibility index (Phi) is 21.6. The van der Waals surface area contributed by atoms with E-state index < -0.39 is 102 Å². The van der Waals surface area contributed by atoms with Gasteiger partial charge in [0.15, 0.2) is 0 Å². The maximum atomic E-state index is 14.2. The van der Waals surface area contributed by atoms with Gasteiger partial charge in [0.25, 0.3) is 0 Å². The Bertz CT molecular complexity index is 1670. The normalized spacial score (nSPS) is 25.4. The molecule has 7 amide bonds. The molecule has 62 heavy (non-hydrogen) atoms. The van der Waals surface area contributed by atoms with Gasteiger partial charge in [-0.2, -0.15) is 0 Å². The molecule has 2 fully saturated rings. The minimum absolute atomic E-state index is 0.0231. The SMILES string of the molecule is CCCCCCCCC[C@H]1CCCC(=O)N[C@H](CO)C(=O)N[C@H](C)C(=O)N2CCC[C@H]2C(=O)N[C@@H](CCC(N)=O)C(=O)N[C@H](Cc2ccc(O)cc2)C(=O)N[C@@H](C(C)C)C(=O)O1. The third-order valence-electron chi connectivity index (χ3n) is 11.3. The van der Waals surface area contributed by atoms with Crippen LogP contribution >= 0.6 is 0 Å². The zero-order valence-electron chi connectivity index (χ0n) is 36.7. The number of hydrogen-bond acceptors (Lipinski definition) is 11. The number of ether oxygens (including phenoxy) is 1. The Morgan fingerprint density at radius 1 is 0.790 bits per heavy atom. The van der Waals surface area contributed by atoms with Crippen LogP contribution in [-0.2, 0) is 49.5 Å². The second kappa shape index (κ2) is 26.3. The number of phenols is 1. The summed E-state index contributed by atoms with van der Waals surface area (Å²) in [4.78, 5) is 109.